The number of rotatable bonds is 3. The van der Waals surface area contributed by atoms with E-state index in [4.69, 9.17) is 0 Å². The minimum atomic E-state index is 0.0292. The Morgan fingerprint density at radius 2 is 1.64 bits per heavy atom. The minimum Gasteiger partial charge on any atom is -0.337 e. The van der Waals surface area contributed by atoms with E-state index in [0.717, 1.165) is 20.8 Å². The molecule has 0 atom stereocenters. The van der Waals surface area contributed by atoms with Crippen LogP contribution >= 0.6 is 15.9 Å². The molecular formula is C19H16BrNO. The zero-order valence-corrected chi connectivity index (χ0v) is 13.9. The Bertz CT molecular complexity index is 828. The molecular weight excluding hydrogens is 338 g/mol. The lowest BCUT2D eigenvalue weighted by molar-refractivity contribution is 0.0785. The highest BCUT2D eigenvalue weighted by atomic mass is 79.9. The Labute approximate surface area is 138 Å². The molecule has 3 aromatic carbocycles. The van der Waals surface area contributed by atoms with E-state index < -0.39 is 0 Å². The third-order valence-electron chi connectivity index (χ3n) is 3.71. The molecule has 22 heavy (non-hydrogen) atoms. The van der Waals surface area contributed by atoms with Gasteiger partial charge in [-0.1, -0.05) is 64.5 Å². The van der Waals surface area contributed by atoms with E-state index in [1.807, 2.05) is 73.8 Å². The van der Waals surface area contributed by atoms with E-state index >= 15 is 0 Å². The first-order valence-electron chi connectivity index (χ1n) is 7.13. The highest BCUT2D eigenvalue weighted by Crippen LogP contribution is 2.20. The molecule has 0 aliphatic carbocycles. The third kappa shape index (κ3) is 3.04. The molecule has 0 radical (unpaired) electrons. The summed E-state index contributed by atoms with van der Waals surface area (Å²) in [5.41, 5.74) is 1.81. The van der Waals surface area contributed by atoms with E-state index in [-0.39, 0.29) is 5.91 Å². The summed E-state index contributed by atoms with van der Waals surface area (Å²) in [7, 11) is 1.83. The zero-order valence-electron chi connectivity index (χ0n) is 12.3. The second kappa shape index (κ2) is 6.32. The molecule has 2 nitrogen and oxygen atoms in total. The summed E-state index contributed by atoms with van der Waals surface area (Å²) in [6.45, 7) is 0.576. The molecule has 0 spiro atoms. The lowest BCUT2D eigenvalue weighted by Gasteiger charge is -2.18. The molecule has 110 valence electrons. The molecule has 0 aliphatic heterocycles. The van der Waals surface area contributed by atoms with Crippen LogP contribution < -0.4 is 0 Å². The Morgan fingerprint density at radius 1 is 0.955 bits per heavy atom. The van der Waals surface area contributed by atoms with Crippen molar-refractivity contribution in [2.45, 2.75) is 6.54 Å². The number of hydrogen-bond acceptors (Lipinski definition) is 1. The largest absolute Gasteiger partial charge is 0.337 e. The fourth-order valence-electron chi connectivity index (χ4n) is 2.50. The lowest BCUT2D eigenvalue weighted by Crippen LogP contribution is -2.26. The van der Waals surface area contributed by atoms with Crippen LogP contribution in [0.3, 0.4) is 0 Å². The molecule has 3 rings (SSSR count). The standard InChI is InChI=1S/C19H16BrNO/c1-21(13-17-8-4-5-9-18(17)20)19(22)16-11-10-14-6-2-3-7-15(14)12-16/h2-12H,13H2,1H3. The molecule has 0 saturated heterocycles. The van der Waals surface area contributed by atoms with Crippen LogP contribution in [0.1, 0.15) is 15.9 Å². The summed E-state index contributed by atoms with van der Waals surface area (Å²) in [4.78, 5) is 14.4. The Hall–Kier alpha value is -2.13. The average Bonchev–Trinajstić information content (AvgIpc) is 2.55. The number of nitrogens with zero attached hydrogens (tertiary/aromatic N) is 1. The van der Waals surface area contributed by atoms with Crippen LogP contribution in [0.25, 0.3) is 10.8 Å². The van der Waals surface area contributed by atoms with Crippen molar-refractivity contribution in [3.05, 3.63) is 82.3 Å². The summed E-state index contributed by atoms with van der Waals surface area (Å²) in [6, 6.07) is 21.9. The number of carbonyl (C=O) groups excluding carboxylic acids is 1. The Morgan fingerprint density at radius 3 is 2.41 bits per heavy atom. The summed E-state index contributed by atoms with van der Waals surface area (Å²) < 4.78 is 1.02. The molecule has 0 heterocycles. The fraction of sp³-hybridized carbons (Fsp3) is 0.105. The molecule has 3 aromatic rings. The van der Waals surface area contributed by atoms with Crippen molar-refractivity contribution in [1.29, 1.82) is 0 Å². The van der Waals surface area contributed by atoms with Gasteiger partial charge in [-0.05, 0) is 34.5 Å². The van der Waals surface area contributed by atoms with Crippen LogP contribution in [0.15, 0.2) is 71.2 Å². The van der Waals surface area contributed by atoms with Crippen LogP contribution in [0, 0.1) is 0 Å². The molecule has 0 aromatic heterocycles. The van der Waals surface area contributed by atoms with Crippen molar-refractivity contribution in [3.8, 4) is 0 Å². The predicted molar refractivity (Wildman–Crippen MR) is 93.9 cm³/mol. The highest BCUT2D eigenvalue weighted by molar-refractivity contribution is 9.10. The quantitative estimate of drug-likeness (QED) is 0.657. The van der Waals surface area contributed by atoms with Crippen molar-refractivity contribution < 1.29 is 4.79 Å². The molecule has 0 aliphatic rings. The summed E-state index contributed by atoms with van der Waals surface area (Å²) in [6.07, 6.45) is 0. The zero-order chi connectivity index (χ0) is 15.5. The van der Waals surface area contributed by atoms with Crippen molar-refractivity contribution >= 4 is 32.6 Å². The summed E-state index contributed by atoms with van der Waals surface area (Å²) >= 11 is 3.52. The van der Waals surface area contributed by atoms with Gasteiger partial charge in [0.05, 0.1) is 0 Å². The maximum Gasteiger partial charge on any atom is 0.253 e. The monoisotopic (exact) mass is 353 g/mol. The van der Waals surface area contributed by atoms with Gasteiger partial charge < -0.3 is 4.90 Å². The fourth-order valence-corrected chi connectivity index (χ4v) is 2.91. The number of hydrogen-bond donors (Lipinski definition) is 0. The van der Waals surface area contributed by atoms with Crippen LogP contribution in [0.4, 0.5) is 0 Å². The van der Waals surface area contributed by atoms with E-state index in [0.29, 0.717) is 12.1 Å². The molecule has 3 heteroatoms. The number of carbonyl (C=O) groups is 1. The SMILES string of the molecule is CN(Cc1ccccc1Br)C(=O)c1ccc2ccccc2c1. The van der Waals surface area contributed by atoms with Gasteiger partial charge in [-0.15, -0.1) is 0 Å². The molecule has 0 bridgehead atoms. The van der Waals surface area contributed by atoms with Gasteiger partial charge in [-0.3, -0.25) is 4.79 Å². The average molecular weight is 354 g/mol. The number of halogens is 1. The van der Waals surface area contributed by atoms with Gasteiger partial charge in [0.15, 0.2) is 0 Å². The van der Waals surface area contributed by atoms with Crippen molar-refractivity contribution in [3.63, 3.8) is 0 Å². The highest BCUT2D eigenvalue weighted by Gasteiger charge is 2.13. The van der Waals surface area contributed by atoms with E-state index in [2.05, 4.69) is 15.9 Å². The van der Waals surface area contributed by atoms with Crippen molar-refractivity contribution in [1.82, 2.24) is 4.90 Å². The van der Waals surface area contributed by atoms with E-state index in [1.165, 1.54) is 0 Å². The number of fused-ring (bicyclic) bond motifs is 1. The van der Waals surface area contributed by atoms with Gasteiger partial charge in [0.2, 0.25) is 0 Å². The maximum atomic E-state index is 12.6. The maximum absolute atomic E-state index is 12.6. The lowest BCUT2D eigenvalue weighted by atomic mass is 10.1. The van der Waals surface area contributed by atoms with Gasteiger partial charge in [0.1, 0.15) is 0 Å². The normalized spacial score (nSPS) is 10.6. The second-order valence-corrected chi connectivity index (χ2v) is 6.17. The van der Waals surface area contributed by atoms with Gasteiger partial charge in [-0.25, -0.2) is 0 Å². The first-order chi connectivity index (χ1) is 10.6. The topological polar surface area (TPSA) is 20.3 Å². The van der Waals surface area contributed by atoms with Crippen LogP contribution in [0.2, 0.25) is 0 Å². The summed E-state index contributed by atoms with van der Waals surface area (Å²) in [5, 5.41) is 2.23. The van der Waals surface area contributed by atoms with Gasteiger partial charge in [0.25, 0.3) is 5.91 Å². The summed E-state index contributed by atoms with van der Waals surface area (Å²) in [5.74, 6) is 0.0292. The van der Waals surface area contributed by atoms with Gasteiger partial charge >= 0.3 is 0 Å². The smallest absolute Gasteiger partial charge is 0.253 e. The Balaban J connectivity index is 1.84. The molecule has 0 unspecified atom stereocenters. The van der Waals surface area contributed by atoms with E-state index in [1.54, 1.807) is 4.90 Å². The second-order valence-electron chi connectivity index (χ2n) is 5.31. The number of benzene rings is 3. The third-order valence-corrected chi connectivity index (χ3v) is 4.48. The molecule has 0 fully saturated rings. The molecule has 0 N–H and O–H groups in total. The predicted octanol–water partition coefficient (Wildman–Crippen LogP) is 4.87. The van der Waals surface area contributed by atoms with Gasteiger partial charge in [0, 0.05) is 23.6 Å². The Kier molecular flexibility index (Phi) is 4.25. The van der Waals surface area contributed by atoms with Crippen molar-refractivity contribution in [2.75, 3.05) is 7.05 Å². The van der Waals surface area contributed by atoms with Crippen molar-refractivity contribution in [2.24, 2.45) is 0 Å². The van der Waals surface area contributed by atoms with Gasteiger partial charge in [-0.2, -0.15) is 0 Å². The first-order valence-corrected chi connectivity index (χ1v) is 7.92. The van der Waals surface area contributed by atoms with E-state index in [9.17, 15) is 4.79 Å². The van der Waals surface area contributed by atoms with Crippen LogP contribution in [0.5, 0.6) is 0 Å². The van der Waals surface area contributed by atoms with Crippen LogP contribution in [-0.2, 0) is 6.54 Å². The minimum absolute atomic E-state index is 0.0292. The number of amides is 1. The first kappa shape index (κ1) is 14.8. The van der Waals surface area contributed by atoms with Crippen LogP contribution in [-0.4, -0.2) is 17.9 Å². The molecule has 0 saturated carbocycles. The molecule has 1 amide bonds.